The van der Waals surface area contributed by atoms with Crippen molar-refractivity contribution in [3.05, 3.63) is 35.9 Å². The molecule has 2 amide bonds. The van der Waals surface area contributed by atoms with Crippen LogP contribution in [0.1, 0.15) is 64.4 Å². The van der Waals surface area contributed by atoms with Crippen LogP contribution in [0.4, 0.5) is 0 Å². The average molecular weight is 526 g/mol. The molecular formula is C24H39N5O4S2. The van der Waals surface area contributed by atoms with Crippen LogP contribution in [0.3, 0.4) is 0 Å². The number of thioether (sulfide) groups is 1. The summed E-state index contributed by atoms with van der Waals surface area (Å²) >= 11 is 1.22. The van der Waals surface area contributed by atoms with Gasteiger partial charge in [-0.05, 0) is 50.2 Å². The topological polar surface area (TPSA) is 111 Å². The van der Waals surface area contributed by atoms with Crippen molar-refractivity contribution in [1.82, 2.24) is 19.9 Å². The highest BCUT2D eigenvalue weighted by Gasteiger charge is 2.50. The monoisotopic (exact) mass is 525 g/mol. The molecule has 1 heterocycles. The number of unbranched alkanes of at least 4 members (excludes halogenated alkanes) is 2. The molecule has 1 aliphatic rings. The van der Waals surface area contributed by atoms with Crippen LogP contribution in [0.25, 0.3) is 0 Å². The molecule has 0 aromatic heterocycles. The third-order valence-electron chi connectivity index (χ3n) is 5.75. The van der Waals surface area contributed by atoms with E-state index in [9.17, 15) is 18.0 Å². The van der Waals surface area contributed by atoms with Crippen LogP contribution in [-0.2, 0) is 24.5 Å². The highest BCUT2D eigenvalue weighted by Crippen LogP contribution is 2.46. The molecule has 0 saturated heterocycles. The molecule has 1 aliphatic heterocycles. The Morgan fingerprint density at radius 3 is 2.37 bits per heavy atom. The lowest BCUT2D eigenvalue weighted by Gasteiger charge is -2.38. The van der Waals surface area contributed by atoms with Gasteiger partial charge in [-0.3, -0.25) is 9.59 Å². The summed E-state index contributed by atoms with van der Waals surface area (Å²) in [5.74, 6) is -0.386. The molecule has 1 unspecified atom stereocenters. The third-order valence-corrected chi connectivity index (χ3v) is 8.88. The van der Waals surface area contributed by atoms with Crippen LogP contribution in [0, 0.1) is 0 Å². The Morgan fingerprint density at radius 2 is 1.74 bits per heavy atom. The zero-order valence-corrected chi connectivity index (χ0v) is 22.9. The van der Waals surface area contributed by atoms with Crippen molar-refractivity contribution in [1.29, 1.82) is 0 Å². The van der Waals surface area contributed by atoms with Crippen molar-refractivity contribution in [2.45, 2.75) is 63.7 Å². The first-order chi connectivity index (χ1) is 16.7. The van der Waals surface area contributed by atoms with Gasteiger partial charge >= 0.3 is 0 Å². The molecule has 9 nitrogen and oxygen atoms in total. The van der Waals surface area contributed by atoms with E-state index in [1.54, 1.807) is 7.05 Å². The summed E-state index contributed by atoms with van der Waals surface area (Å²) < 4.78 is 27.4. The highest BCUT2D eigenvalue weighted by atomic mass is 32.2. The molecule has 1 aromatic rings. The van der Waals surface area contributed by atoms with Gasteiger partial charge in [0.05, 0.1) is 12.3 Å². The highest BCUT2D eigenvalue weighted by molar-refractivity contribution is 8.14. The lowest BCUT2D eigenvalue weighted by atomic mass is 10.0. The molecule has 0 bridgehead atoms. The predicted octanol–water partition coefficient (Wildman–Crippen LogP) is 3.05. The van der Waals surface area contributed by atoms with E-state index >= 15 is 0 Å². The van der Waals surface area contributed by atoms with E-state index in [1.807, 2.05) is 44.2 Å². The van der Waals surface area contributed by atoms with Gasteiger partial charge in [0.2, 0.25) is 21.8 Å². The van der Waals surface area contributed by atoms with Crippen LogP contribution < -0.4 is 10.6 Å². The fraction of sp³-hybridized carbons (Fsp3) is 0.625. The van der Waals surface area contributed by atoms with Gasteiger partial charge in [-0.15, -0.1) is 5.10 Å². The smallest absolute Gasteiger partial charge is 0.244 e. The summed E-state index contributed by atoms with van der Waals surface area (Å²) in [6.07, 6.45) is 4.29. The number of hydrazone groups is 1. The number of carbonyl (C=O) groups is 2. The number of amides is 2. The van der Waals surface area contributed by atoms with Crippen LogP contribution in [-0.4, -0.2) is 67.7 Å². The van der Waals surface area contributed by atoms with Crippen LogP contribution in [0.2, 0.25) is 0 Å². The summed E-state index contributed by atoms with van der Waals surface area (Å²) in [6.45, 7) is 4.60. The largest absolute Gasteiger partial charge is 0.320 e. The van der Waals surface area contributed by atoms with Crippen molar-refractivity contribution in [3.63, 3.8) is 0 Å². The van der Waals surface area contributed by atoms with Gasteiger partial charge in [-0.1, -0.05) is 57.0 Å². The zero-order valence-electron chi connectivity index (χ0n) is 21.2. The molecule has 2 rings (SSSR count). The van der Waals surface area contributed by atoms with Crippen molar-refractivity contribution >= 4 is 38.8 Å². The van der Waals surface area contributed by atoms with Crippen LogP contribution in [0.5, 0.6) is 0 Å². The zero-order chi connectivity index (χ0) is 25.9. The average Bonchev–Trinajstić information content (AvgIpc) is 3.20. The molecule has 1 atom stereocenters. The Labute approximate surface area is 214 Å². The molecule has 0 saturated carbocycles. The van der Waals surface area contributed by atoms with E-state index in [0.29, 0.717) is 31.0 Å². The second kappa shape index (κ2) is 14.0. The molecule has 0 radical (unpaired) electrons. The third kappa shape index (κ3) is 8.03. The Kier molecular flexibility index (Phi) is 11.7. The SMILES string of the molecule is CCCCC(=O)NC1=NN(C(=O)CCCC)C(CN(C)S(=O)(=O)CCCNC)(c2ccccc2)S1. The molecule has 0 fully saturated rings. The minimum absolute atomic E-state index is 0.000732. The number of carbonyl (C=O) groups excluding carboxylic acids is 2. The summed E-state index contributed by atoms with van der Waals surface area (Å²) in [4.78, 5) is 24.7. The lowest BCUT2D eigenvalue weighted by Crippen LogP contribution is -2.50. The van der Waals surface area contributed by atoms with Gasteiger partial charge < -0.3 is 10.6 Å². The van der Waals surface area contributed by atoms with Crippen molar-refractivity contribution in [2.24, 2.45) is 5.10 Å². The standard InChI is InChI=1S/C24H39N5O4S2/c1-5-7-15-21(30)26-23-27-29(22(31)16-8-6-2)24(34-23,20-13-10-9-11-14-20)19-28(4)35(32,33)18-12-17-25-3/h9-11,13-14,25H,5-8,12,15-19H2,1-4H3,(H,26,27,30). The number of nitrogens with one attached hydrogen (secondary N) is 2. The summed E-state index contributed by atoms with van der Waals surface area (Å²) in [5, 5.41) is 12.0. The molecule has 196 valence electrons. The predicted molar refractivity (Wildman–Crippen MR) is 142 cm³/mol. The number of amidine groups is 1. The summed E-state index contributed by atoms with van der Waals surface area (Å²) in [6, 6.07) is 9.31. The maximum atomic E-state index is 13.4. The van der Waals surface area contributed by atoms with Crippen LogP contribution in [0.15, 0.2) is 35.4 Å². The fourth-order valence-corrected chi connectivity index (χ4v) is 6.35. The van der Waals surface area contributed by atoms with E-state index in [-0.39, 0.29) is 30.5 Å². The van der Waals surface area contributed by atoms with Gasteiger partial charge in [0, 0.05) is 19.9 Å². The van der Waals surface area contributed by atoms with E-state index in [2.05, 4.69) is 15.7 Å². The Morgan fingerprint density at radius 1 is 1.09 bits per heavy atom. The maximum Gasteiger partial charge on any atom is 0.244 e. The minimum Gasteiger partial charge on any atom is -0.320 e. The number of hydrogen-bond acceptors (Lipinski definition) is 7. The van der Waals surface area contributed by atoms with Crippen molar-refractivity contribution in [3.8, 4) is 0 Å². The fourth-order valence-electron chi connectivity index (χ4n) is 3.71. The van der Waals surface area contributed by atoms with E-state index < -0.39 is 14.9 Å². The number of rotatable bonds is 14. The van der Waals surface area contributed by atoms with E-state index in [0.717, 1.165) is 24.8 Å². The molecule has 1 aromatic carbocycles. The Bertz CT molecular complexity index is 971. The molecule has 2 N–H and O–H groups in total. The Balaban J connectivity index is 2.45. The first kappa shape index (κ1) is 29.3. The van der Waals surface area contributed by atoms with Crippen molar-refractivity contribution in [2.75, 3.05) is 32.9 Å². The molecular weight excluding hydrogens is 486 g/mol. The summed E-state index contributed by atoms with van der Waals surface area (Å²) in [5.41, 5.74) is 0.744. The van der Waals surface area contributed by atoms with Gasteiger partial charge in [0.15, 0.2) is 10.0 Å². The molecule has 0 aliphatic carbocycles. The second-order valence-corrected chi connectivity index (χ2v) is 12.1. The number of benzene rings is 1. The number of hydrogen-bond donors (Lipinski definition) is 2. The molecule has 0 spiro atoms. The van der Waals surface area contributed by atoms with Gasteiger partial charge in [-0.2, -0.15) is 0 Å². The Hall–Kier alpha value is -1.95. The molecule has 11 heteroatoms. The number of nitrogens with zero attached hydrogens (tertiary/aromatic N) is 3. The summed E-state index contributed by atoms with van der Waals surface area (Å²) in [7, 11) is -0.266. The first-order valence-corrected chi connectivity index (χ1v) is 14.7. The quantitative estimate of drug-likeness (QED) is 0.361. The normalized spacial score (nSPS) is 18.1. The lowest BCUT2D eigenvalue weighted by molar-refractivity contribution is -0.135. The number of sulfonamides is 1. The first-order valence-electron chi connectivity index (χ1n) is 12.2. The van der Waals surface area contributed by atoms with E-state index in [4.69, 9.17) is 0 Å². The van der Waals surface area contributed by atoms with Gasteiger partial charge in [0.25, 0.3) is 0 Å². The second-order valence-electron chi connectivity index (χ2n) is 8.65. The van der Waals surface area contributed by atoms with Gasteiger partial charge in [0.1, 0.15) is 0 Å². The molecule has 35 heavy (non-hydrogen) atoms. The van der Waals surface area contributed by atoms with Gasteiger partial charge in [-0.25, -0.2) is 17.7 Å². The maximum absolute atomic E-state index is 13.4. The van der Waals surface area contributed by atoms with Crippen LogP contribution >= 0.6 is 11.8 Å². The number of likely N-dealkylation sites (N-methyl/N-ethyl adjacent to an activating group) is 1. The van der Waals surface area contributed by atoms with Crippen molar-refractivity contribution < 1.29 is 18.0 Å². The van der Waals surface area contributed by atoms with E-state index in [1.165, 1.54) is 28.1 Å². The minimum atomic E-state index is -3.58.